The third-order valence-electron chi connectivity index (χ3n) is 6.74. The molecule has 2 aromatic rings. The second-order valence-electron chi connectivity index (χ2n) is 8.85. The fourth-order valence-corrected chi connectivity index (χ4v) is 4.86. The molecular formula is C25H34N4O. The molecule has 0 spiro atoms. The minimum atomic E-state index is 0.114. The number of likely N-dealkylation sites (tertiary alicyclic amines) is 2. The molecule has 160 valence electrons. The van der Waals surface area contributed by atoms with E-state index in [1.165, 1.54) is 18.4 Å². The number of nitrogens with zero attached hydrogens (tertiary/aromatic N) is 3. The summed E-state index contributed by atoms with van der Waals surface area (Å²) in [5, 5.41) is 3.17. The van der Waals surface area contributed by atoms with Gasteiger partial charge in [-0.05, 0) is 75.0 Å². The number of rotatable bonds is 6. The van der Waals surface area contributed by atoms with Crippen LogP contribution in [-0.4, -0.2) is 52.9 Å². The topological polar surface area (TPSA) is 48.5 Å². The molecule has 1 aromatic carbocycles. The van der Waals surface area contributed by atoms with E-state index < -0.39 is 0 Å². The first-order chi connectivity index (χ1) is 14.7. The van der Waals surface area contributed by atoms with Crippen LogP contribution in [0.15, 0.2) is 48.8 Å². The summed E-state index contributed by atoms with van der Waals surface area (Å²) in [5.41, 5.74) is 3.68. The van der Waals surface area contributed by atoms with E-state index in [4.69, 9.17) is 0 Å². The Morgan fingerprint density at radius 3 is 2.67 bits per heavy atom. The van der Waals surface area contributed by atoms with Gasteiger partial charge < -0.3 is 5.32 Å². The zero-order chi connectivity index (χ0) is 20.8. The van der Waals surface area contributed by atoms with Gasteiger partial charge in [0, 0.05) is 38.1 Å². The number of hydrogen-bond donors (Lipinski definition) is 1. The lowest BCUT2D eigenvalue weighted by molar-refractivity contribution is -0.127. The lowest BCUT2D eigenvalue weighted by Crippen LogP contribution is -2.50. The van der Waals surface area contributed by atoms with Gasteiger partial charge in [0.2, 0.25) is 5.91 Å². The fourth-order valence-electron chi connectivity index (χ4n) is 4.86. The van der Waals surface area contributed by atoms with Gasteiger partial charge in [-0.25, -0.2) is 0 Å². The van der Waals surface area contributed by atoms with E-state index in [2.05, 4.69) is 50.4 Å². The van der Waals surface area contributed by atoms with Crippen molar-refractivity contribution in [2.24, 2.45) is 5.92 Å². The minimum Gasteiger partial charge on any atom is -0.352 e. The number of hydrogen-bond acceptors (Lipinski definition) is 4. The van der Waals surface area contributed by atoms with Gasteiger partial charge >= 0.3 is 0 Å². The first kappa shape index (κ1) is 21.0. The van der Waals surface area contributed by atoms with Crippen molar-refractivity contribution in [1.29, 1.82) is 0 Å². The maximum Gasteiger partial charge on any atom is 0.224 e. The number of aromatic nitrogens is 1. The van der Waals surface area contributed by atoms with Gasteiger partial charge in [-0.2, -0.15) is 0 Å². The average molecular weight is 407 g/mol. The van der Waals surface area contributed by atoms with Crippen LogP contribution in [0.2, 0.25) is 0 Å². The Morgan fingerprint density at radius 1 is 1.10 bits per heavy atom. The third-order valence-corrected chi connectivity index (χ3v) is 6.74. The number of carbonyl (C=O) groups excluding carboxylic acids is 1. The van der Waals surface area contributed by atoms with Crippen molar-refractivity contribution in [3.63, 3.8) is 0 Å². The third kappa shape index (κ3) is 5.46. The molecule has 1 unspecified atom stereocenters. The largest absolute Gasteiger partial charge is 0.352 e. The Hall–Kier alpha value is -2.24. The summed E-state index contributed by atoms with van der Waals surface area (Å²) < 4.78 is 0. The van der Waals surface area contributed by atoms with E-state index in [0.717, 1.165) is 56.7 Å². The predicted molar refractivity (Wildman–Crippen MR) is 120 cm³/mol. The molecule has 2 aliphatic rings. The molecule has 2 fully saturated rings. The Bertz CT molecular complexity index is 817. The molecule has 1 amide bonds. The van der Waals surface area contributed by atoms with Crippen LogP contribution in [0.5, 0.6) is 0 Å². The first-order valence-corrected chi connectivity index (χ1v) is 11.4. The van der Waals surface area contributed by atoms with Crippen molar-refractivity contribution in [1.82, 2.24) is 20.1 Å². The van der Waals surface area contributed by atoms with Gasteiger partial charge in [0.15, 0.2) is 0 Å². The van der Waals surface area contributed by atoms with Crippen LogP contribution >= 0.6 is 0 Å². The first-order valence-electron chi connectivity index (χ1n) is 11.4. The molecule has 3 heterocycles. The minimum absolute atomic E-state index is 0.114. The Kier molecular flexibility index (Phi) is 7.13. The average Bonchev–Trinajstić information content (AvgIpc) is 2.80. The quantitative estimate of drug-likeness (QED) is 0.799. The SMILES string of the molecule is Cc1cnccc1CNC(=O)C1CCCN(C2CCN(Cc3ccccc3)CC2)C1. The fraction of sp³-hybridized carbons (Fsp3) is 0.520. The van der Waals surface area contributed by atoms with E-state index in [1.54, 1.807) is 6.20 Å². The number of nitrogens with one attached hydrogen (secondary N) is 1. The van der Waals surface area contributed by atoms with Crippen molar-refractivity contribution >= 4 is 5.91 Å². The maximum atomic E-state index is 12.8. The van der Waals surface area contributed by atoms with Crippen LogP contribution in [-0.2, 0) is 17.9 Å². The van der Waals surface area contributed by atoms with E-state index in [0.29, 0.717) is 12.6 Å². The van der Waals surface area contributed by atoms with E-state index in [9.17, 15) is 4.79 Å². The summed E-state index contributed by atoms with van der Waals surface area (Å²) >= 11 is 0. The van der Waals surface area contributed by atoms with Crippen LogP contribution in [0, 0.1) is 12.8 Å². The zero-order valence-corrected chi connectivity index (χ0v) is 18.1. The van der Waals surface area contributed by atoms with Crippen LogP contribution in [0.4, 0.5) is 0 Å². The molecule has 1 atom stereocenters. The van der Waals surface area contributed by atoms with E-state index in [-0.39, 0.29) is 11.8 Å². The van der Waals surface area contributed by atoms with Gasteiger partial charge in [-0.15, -0.1) is 0 Å². The molecule has 5 nitrogen and oxygen atoms in total. The van der Waals surface area contributed by atoms with Gasteiger partial charge in [-0.1, -0.05) is 30.3 Å². The molecule has 0 saturated carbocycles. The molecule has 1 aromatic heterocycles. The molecule has 2 aliphatic heterocycles. The normalized spacial score (nSPS) is 21.4. The number of piperidine rings is 2. The van der Waals surface area contributed by atoms with Crippen LogP contribution in [0.3, 0.4) is 0 Å². The van der Waals surface area contributed by atoms with Gasteiger partial charge in [0.1, 0.15) is 0 Å². The number of carbonyl (C=O) groups is 1. The number of benzene rings is 1. The summed E-state index contributed by atoms with van der Waals surface area (Å²) in [5.74, 6) is 0.320. The molecule has 5 heteroatoms. The maximum absolute atomic E-state index is 12.8. The number of aryl methyl sites for hydroxylation is 1. The summed E-state index contributed by atoms with van der Waals surface area (Å²) in [6.07, 6.45) is 8.19. The Balaban J connectivity index is 1.24. The highest BCUT2D eigenvalue weighted by Crippen LogP contribution is 2.25. The van der Waals surface area contributed by atoms with Gasteiger partial charge in [0.05, 0.1) is 5.92 Å². The van der Waals surface area contributed by atoms with Gasteiger partial charge in [-0.3, -0.25) is 19.6 Å². The highest BCUT2D eigenvalue weighted by atomic mass is 16.1. The zero-order valence-electron chi connectivity index (χ0n) is 18.1. The molecule has 30 heavy (non-hydrogen) atoms. The summed E-state index contributed by atoms with van der Waals surface area (Å²) in [6, 6.07) is 13.4. The van der Waals surface area contributed by atoms with Crippen molar-refractivity contribution in [2.75, 3.05) is 26.2 Å². The lowest BCUT2D eigenvalue weighted by Gasteiger charge is -2.42. The summed E-state index contributed by atoms with van der Waals surface area (Å²) in [4.78, 5) is 22.1. The summed E-state index contributed by atoms with van der Waals surface area (Å²) in [7, 11) is 0. The monoisotopic (exact) mass is 406 g/mol. The second kappa shape index (κ2) is 10.2. The molecule has 0 aliphatic carbocycles. The predicted octanol–water partition coefficient (Wildman–Crippen LogP) is 3.38. The van der Waals surface area contributed by atoms with Crippen molar-refractivity contribution in [3.8, 4) is 0 Å². The van der Waals surface area contributed by atoms with E-state index >= 15 is 0 Å². The molecule has 1 N–H and O–H groups in total. The standard InChI is InChI=1S/C25H34N4O/c1-20-16-26-12-9-22(20)17-27-25(30)23-8-5-13-29(19-23)24-10-14-28(15-11-24)18-21-6-3-2-4-7-21/h2-4,6-7,9,12,16,23-24H,5,8,10-11,13-15,17-19H2,1H3,(H,27,30). The molecule has 0 radical (unpaired) electrons. The Labute approximate surface area is 180 Å². The number of pyridine rings is 1. The summed E-state index contributed by atoms with van der Waals surface area (Å²) in [6.45, 7) is 8.03. The highest BCUT2D eigenvalue weighted by molar-refractivity contribution is 5.79. The molecular weight excluding hydrogens is 372 g/mol. The highest BCUT2D eigenvalue weighted by Gasteiger charge is 2.31. The second-order valence-corrected chi connectivity index (χ2v) is 8.85. The molecule has 2 saturated heterocycles. The Morgan fingerprint density at radius 2 is 1.90 bits per heavy atom. The van der Waals surface area contributed by atoms with Crippen molar-refractivity contribution < 1.29 is 4.79 Å². The van der Waals surface area contributed by atoms with Crippen molar-refractivity contribution in [3.05, 3.63) is 65.5 Å². The van der Waals surface area contributed by atoms with Gasteiger partial charge in [0.25, 0.3) is 0 Å². The molecule has 0 bridgehead atoms. The number of amides is 1. The smallest absolute Gasteiger partial charge is 0.224 e. The van der Waals surface area contributed by atoms with Crippen LogP contribution in [0.25, 0.3) is 0 Å². The van der Waals surface area contributed by atoms with Crippen molar-refractivity contribution in [2.45, 2.75) is 51.7 Å². The van der Waals surface area contributed by atoms with E-state index in [1.807, 2.05) is 19.2 Å². The molecule has 4 rings (SSSR count). The van der Waals surface area contributed by atoms with Crippen LogP contribution in [0.1, 0.15) is 42.4 Å². The lowest BCUT2D eigenvalue weighted by atomic mass is 9.93. The van der Waals surface area contributed by atoms with Crippen LogP contribution < -0.4 is 5.32 Å².